The number of aryl methyl sites for hydroxylation is 2. The molecule has 0 aromatic heterocycles. The lowest BCUT2D eigenvalue weighted by Gasteiger charge is -2.36. The van der Waals surface area contributed by atoms with E-state index in [1.54, 1.807) is 12.1 Å². The molecular weight excluding hydrogens is 548 g/mol. The van der Waals surface area contributed by atoms with Crippen LogP contribution in [-0.4, -0.2) is 33.5 Å². The van der Waals surface area contributed by atoms with Crippen molar-refractivity contribution in [3.63, 3.8) is 0 Å². The first-order chi connectivity index (χ1) is 18.2. The number of nitrogens with zero attached hydrogens (tertiary/aromatic N) is 1. The largest absolute Gasteiger partial charge is 0.508 e. The van der Waals surface area contributed by atoms with Gasteiger partial charge in [0.05, 0.1) is 17.5 Å². The van der Waals surface area contributed by atoms with Crippen molar-refractivity contribution in [2.75, 3.05) is 4.90 Å². The highest BCUT2D eigenvalue weighted by Gasteiger charge is 2.69. The van der Waals surface area contributed by atoms with Gasteiger partial charge in [-0.05, 0) is 54.5 Å². The number of rotatable bonds is 7. The van der Waals surface area contributed by atoms with Gasteiger partial charge in [0.2, 0.25) is 11.8 Å². The van der Waals surface area contributed by atoms with E-state index in [0.29, 0.717) is 28.6 Å². The Kier molecular flexibility index (Phi) is 7.40. The van der Waals surface area contributed by atoms with Gasteiger partial charge < -0.3 is 10.2 Å². The number of benzene rings is 2. The van der Waals surface area contributed by atoms with E-state index in [9.17, 15) is 24.6 Å². The highest BCUT2D eigenvalue weighted by atomic mass is 79.9. The predicted molar refractivity (Wildman–Crippen MR) is 148 cm³/mol. The summed E-state index contributed by atoms with van der Waals surface area (Å²) < 4.78 is 0.696. The van der Waals surface area contributed by atoms with Gasteiger partial charge in [0.15, 0.2) is 0 Å². The van der Waals surface area contributed by atoms with Crippen LogP contribution in [0.2, 0.25) is 0 Å². The quantitative estimate of drug-likeness (QED) is 0.371. The van der Waals surface area contributed by atoms with Crippen LogP contribution < -0.4 is 10.2 Å². The Bertz CT molecular complexity index is 1250. The van der Waals surface area contributed by atoms with Crippen molar-refractivity contribution < 1.29 is 24.6 Å². The molecule has 2 aromatic rings. The molecule has 3 fully saturated rings. The number of para-hydroxylation sites is 1. The molecule has 4 unspecified atom stereocenters. The molecule has 2 aliphatic heterocycles. The van der Waals surface area contributed by atoms with Crippen molar-refractivity contribution in [2.24, 2.45) is 17.8 Å². The van der Waals surface area contributed by atoms with Crippen molar-refractivity contribution in [1.29, 1.82) is 0 Å². The second-order valence-corrected chi connectivity index (χ2v) is 11.9. The van der Waals surface area contributed by atoms with E-state index in [0.717, 1.165) is 43.2 Å². The number of imide groups is 1. The Balaban J connectivity index is 1.68. The van der Waals surface area contributed by atoms with Gasteiger partial charge in [0, 0.05) is 16.1 Å². The molecule has 5 rings (SSSR count). The molecule has 0 bridgehead atoms. The fraction of sp³-hybridized carbons (Fsp3) is 0.500. The zero-order valence-corrected chi connectivity index (χ0v) is 23.5. The molecule has 4 atom stereocenters. The monoisotopic (exact) mass is 582 g/mol. The summed E-state index contributed by atoms with van der Waals surface area (Å²) in [6.07, 6.45) is 6.56. The van der Waals surface area contributed by atoms with Crippen LogP contribution in [0.15, 0.2) is 40.9 Å². The summed E-state index contributed by atoms with van der Waals surface area (Å²) in [5.41, 5.74) is 1.17. The number of hydrogen-bond acceptors (Lipinski definition) is 5. The number of phenolic OH excluding ortho intramolecular Hbond substituents is 1. The summed E-state index contributed by atoms with van der Waals surface area (Å²) in [6, 6.07) is 9.88. The molecule has 0 radical (unpaired) electrons. The zero-order valence-electron chi connectivity index (χ0n) is 21.9. The topological polar surface area (TPSA) is 107 Å². The first kappa shape index (κ1) is 26.9. The molecule has 38 heavy (non-hydrogen) atoms. The summed E-state index contributed by atoms with van der Waals surface area (Å²) >= 11 is 3.45. The van der Waals surface area contributed by atoms with E-state index in [2.05, 4.69) is 21.2 Å². The van der Waals surface area contributed by atoms with E-state index >= 15 is 0 Å². The van der Waals surface area contributed by atoms with E-state index in [1.807, 2.05) is 32.0 Å². The van der Waals surface area contributed by atoms with E-state index < -0.39 is 41.2 Å². The maximum Gasteiger partial charge on any atom is 0.324 e. The third kappa shape index (κ3) is 4.26. The molecule has 7 nitrogen and oxygen atoms in total. The van der Waals surface area contributed by atoms with Crippen LogP contribution in [0, 0.1) is 17.8 Å². The van der Waals surface area contributed by atoms with Crippen molar-refractivity contribution in [3.05, 3.63) is 57.6 Å². The molecule has 2 amide bonds. The Morgan fingerprint density at radius 2 is 1.71 bits per heavy atom. The lowest BCUT2D eigenvalue weighted by atomic mass is 9.72. The van der Waals surface area contributed by atoms with E-state index in [4.69, 9.17) is 0 Å². The van der Waals surface area contributed by atoms with Gasteiger partial charge in [-0.1, -0.05) is 80.1 Å². The molecule has 3 aliphatic rings. The number of carboxylic acid groups (broad SMARTS) is 1. The van der Waals surface area contributed by atoms with Crippen molar-refractivity contribution in [3.8, 4) is 5.75 Å². The molecule has 2 aromatic carbocycles. The molecule has 1 saturated carbocycles. The molecule has 0 spiro atoms. The van der Waals surface area contributed by atoms with Gasteiger partial charge in [0.1, 0.15) is 11.3 Å². The Morgan fingerprint density at radius 3 is 2.32 bits per heavy atom. The van der Waals surface area contributed by atoms with Crippen LogP contribution in [0.25, 0.3) is 0 Å². The number of amides is 2. The van der Waals surface area contributed by atoms with Crippen LogP contribution in [0.4, 0.5) is 5.69 Å². The lowest BCUT2D eigenvalue weighted by molar-refractivity contribution is -0.150. The number of carbonyl (C=O) groups is 3. The summed E-state index contributed by atoms with van der Waals surface area (Å²) in [7, 11) is 0. The Morgan fingerprint density at radius 1 is 1.05 bits per heavy atom. The van der Waals surface area contributed by atoms with E-state index in [-0.39, 0.29) is 18.1 Å². The van der Waals surface area contributed by atoms with Gasteiger partial charge in [-0.25, -0.2) is 4.90 Å². The highest BCUT2D eigenvalue weighted by Crippen LogP contribution is 2.54. The first-order valence-corrected chi connectivity index (χ1v) is 14.5. The Hall–Kier alpha value is -2.71. The average Bonchev–Trinajstić information content (AvgIpc) is 3.39. The van der Waals surface area contributed by atoms with Crippen LogP contribution in [-0.2, 0) is 27.2 Å². The third-order valence-electron chi connectivity index (χ3n) is 8.88. The maximum atomic E-state index is 14.4. The number of fused-ring (bicyclic) bond motifs is 1. The SMILES string of the molecule is CCc1cccc(CC)c1N1C(=O)C2C(c3cc(Br)ccc3O)NC(CC3CCCCC3)(C(=O)O)C2C1=O. The van der Waals surface area contributed by atoms with Gasteiger partial charge in [-0.3, -0.25) is 19.7 Å². The van der Waals surface area contributed by atoms with Gasteiger partial charge in [0.25, 0.3) is 0 Å². The number of aliphatic carboxylic acids is 1. The second kappa shape index (κ2) is 10.5. The highest BCUT2D eigenvalue weighted by molar-refractivity contribution is 9.10. The summed E-state index contributed by atoms with van der Waals surface area (Å²) in [5, 5.41) is 24.9. The first-order valence-electron chi connectivity index (χ1n) is 13.7. The number of halogens is 1. The average molecular weight is 584 g/mol. The third-order valence-corrected chi connectivity index (χ3v) is 9.38. The van der Waals surface area contributed by atoms with Crippen molar-refractivity contribution in [1.82, 2.24) is 5.32 Å². The number of anilines is 1. The smallest absolute Gasteiger partial charge is 0.324 e. The van der Waals surface area contributed by atoms with Crippen LogP contribution >= 0.6 is 15.9 Å². The predicted octanol–water partition coefficient (Wildman–Crippen LogP) is 5.52. The summed E-state index contributed by atoms with van der Waals surface area (Å²) in [4.78, 5) is 43.1. The number of hydrogen-bond donors (Lipinski definition) is 3. The fourth-order valence-corrected chi connectivity index (χ4v) is 7.46. The van der Waals surface area contributed by atoms with Gasteiger partial charge in [-0.15, -0.1) is 0 Å². The normalized spacial score (nSPS) is 27.7. The number of aromatic hydroxyl groups is 1. The summed E-state index contributed by atoms with van der Waals surface area (Å²) in [6.45, 7) is 3.97. The molecule has 2 heterocycles. The second-order valence-electron chi connectivity index (χ2n) is 11.0. The van der Waals surface area contributed by atoms with Crippen LogP contribution in [0.5, 0.6) is 5.75 Å². The minimum atomic E-state index is -1.61. The van der Waals surface area contributed by atoms with Crippen molar-refractivity contribution >= 4 is 39.4 Å². The molecule has 8 heteroatoms. The number of carboxylic acids is 1. The number of phenols is 1. The van der Waals surface area contributed by atoms with Crippen LogP contribution in [0.1, 0.15) is 75.1 Å². The fourth-order valence-electron chi connectivity index (χ4n) is 7.09. The minimum absolute atomic E-state index is 0.0368. The molecule has 3 N–H and O–H groups in total. The maximum absolute atomic E-state index is 14.4. The summed E-state index contributed by atoms with van der Waals surface area (Å²) in [5.74, 6) is -3.89. The molecule has 1 aliphatic carbocycles. The number of nitrogens with one attached hydrogen (secondary N) is 1. The van der Waals surface area contributed by atoms with Gasteiger partial charge in [-0.2, -0.15) is 0 Å². The lowest BCUT2D eigenvalue weighted by Crippen LogP contribution is -2.57. The number of carbonyl (C=O) groups excluding carboxylic acids is 2. The van der Waals surface area contributed by atoms with Crippen molar-refractivity contribution in [2.45, 2.75) is 76.8 Å². The molecule has 202 valence electrons. The van der Waals surface area contributed by atoms with E-state index in [1.165, 1.54) is 11.0 Å². The van der Waals surface area contributed by atoms with Crippen LogP contribution in [0.3, 0.4) is 0 Å². The Labute approximate surface area is 231 Å². The molecular formula is C30H35BrN2O5. The zero-order chi connectivity index (χ0) is 27.2. The standard InChI is InChI=1S/C30H35BrN2O5/c1-3-18-11-8-12-19(4-2)26(18)33-27(35)23-24(28(33)36)30(29(37)38,16-17-9-6-5-7-10-17)32-25(23)21-15-20(31)13-14-22(21)34/h8,11-15,17,23-25,32,34H,3-7,9-10,16H2,1-2H3,(H,37,38). The minimum Gasteiger partial charge on any atom is -0.508 e. The molecule has 2 saturated heterocycles. The van der Waals surface area contributed by atoms with Gasteiger partial charge >= 0.3 is 5.97 Å².